The summed E-state index contributed by atoms with van der Waals surface area (Å²) in [6, 6.07) is 4.71. The van der Waals surface area contributed by atoms with Crippen LogP contribution in [-0.4, -0.2) is 11.1 Å². The van der Waals surface area contributed by atoms with Gasteiger partial charge in [0.05, 0.1) is 15.7 Å². The smallest absolute Gasteiger partial charge is 0.253 e. The fraction of sp³-hybridized carbons (Fsp3) is 0.200. The van der Waals surface area contributed by atoms with Gasteiger partial charge in [0.15, 0.2) is 0 Å². The number of hydrazone groups is 1. The number of rotatable bonds is 2. The zero-order chi connectivity index (χ0) is 12.3. The first kappa shape index (κ1) is 13.3. The van der Waals surface area contributed by atoms with Crippen molar-refractivity contribution in [3.63, 3.8) is 0 Å². The molecule has 0 saturated carbocycles. The van der Waals surface area contributed by atoms with Gasteiger partial charge in [-0.3, -0.25) is 4.79 Å². The Bertz CT molecular complexity index is 442. The molecule has 1 amide bonds. The first-order valence-corrected chi connectivity index (χ1v) is 5.51. The zero-order valence-electron chi connectivity index (χ0n) is 8.67. The summed E-state index contributed by atoms with van der Waals surface area (Å²) in [6.45, 7) is 3.51. The molecule has 6 heteroatoms. The Labute approximate surface area is 109 Å². The molecule has 0 heterocycles. The van der Waals surface area contributed by atoms with Crippen molar-refractivity contribution < 1.29 is 4.79 Å². The number of carbonyl (C=O) groups is 1. The molecule has 0 fully saturated rings. The van der Waals surface area contributed by atoms with Gasteiger partial charge in [0, 0.05) is 5.71 Å². The van der Waals surface area contributed by atoms with Crippen LogP contribution in [0.2, 0.25) is 10.0 Å². The van der Waals surface area contributed by atoms with E-state index in [1.807, 2.05) is 0 Å². The molecule has 16 heavy (non-hydrogen) atoms. The predicted octanol–water partition coefficient (Wildman–Crippen LogP) is 4.55. The lowest BCUT2D eigenvalue weighted by atomic mass is 10.3. The Morgan fingerprint density at radius 3 is 2.31 bits per heavy atom. The Balaban J connectivity index is 3.17. The number of anilines is 1. The first-order chi connectivity index (χ1) is 7.41. The molecule has 0 aromatic heterocycles. The lowest BCUT2D eigenvalue weighted by molar-refractivity contribution is 0.264. The highest BCUT2D eigenvalue weighted by Gasteiger charge is 2.13. The van der Waals surface area contributed by atoms with Gasteiger partial charge in [-0.05, 0) is 43.6 Å². The van der Waals surface area contributed by atoms with Gasteiger partial charge in [-0.25, -0.2) is 0 Å². The van der Waals surface area contributed by atoms with Gasteiger partial charge in [-0.2, -0.15) is 10.1 Å². The highest BCUT2D eigenvalue weighted by molar-refractivity contribution is 6.66. The quantitative estimate of drug-likeness (QED) is 0.338. The molecule has 3 nitrogen and oxygen atoms in total. The zero-order valence-corrected chi connectivity index (χ0v) is 10.9. The molecule has 0 unspecified atom stereocenters. The van der Waals surface area contributed by atoms with Gasteiger partial charge in [0.1, 0.15) is 0 Å². The summed E-state index contributed by atoms with van der Waals surface area (Å²) < 4.78 is 0. The maximum absolute atomic E-state index is 11.2. The van der Waals surface area contributed by atoms with Gasteiger partial charge >= 0.3 is 5.37 Å². The topological polar surface area (TPSA) is 32.7 Å². The van der Waals surface area contributed by atoms with Gasteiger partial charge in [-0.15, -0.1) is 0 Å². The average molecular weight is 280 g/mol. The molecule has 0 bridgehead atoms. The SMILES string of the molecule is CC(C)=NN(C(=O)Cl)c1ccc(Cl)c(Cl)c1. The van der Waals surface area contributed by atoms with E-state index < -0.39 is 5.37 Å². The Kier molecular flexibility index (Phi) is 4.59. The lowest BCUT2D eigenvalue weighted by Crippen LogP contribution is -2.20. The van der Waals surface area contributed by atoms with E-state index in [1.165, 1.54) is 6.07 Å². The molecule has 0 aliphatic carbocycles. The van der Waals surface area contributed by atoms with Crippen molar-refractivity contribution in [3.05, 3.63) is 28.2 Å². The van der Waals surface area contributed by atoms with Crippen LogP contribution in [0.5, 0.6) is 0 Å². The molecule has 0 N–H and O–H groups in total. The Hall–Kier alpha value is -0.770. The molecule has 1 aromatic rings. The maximum Gasteiger partial charge on any atom is 0.341 e. The number of carbonyl (C=O) groups excluding carboxylic acids is 1. The van der Waals surface area contributed by atoms with E-state index in [2.05, 4.69) is 5.10 Å². The second-order valence-corrected chi connectivity index (χ2v) is 4.35. The molecule has 86 valence electrons. The lowest BCUT2D eigenvalue weighted by Gasteiger charge is -2.14. The summed E-state index contributed by atoms with van der Waals surface area (Å²) in [6.07, 6.45) is 0. The van der Waals surface area contributed by atoms with Crippen LogP contribution in [0.25, 0.3) is 0 Å². The van der Waals surface area contributed by atoms with E-state index in [0.717, 1.165) is 5.01 Å². The predicted molar refractivity (Wildman–Crippen MR) is 69.0 cm³/mol. The van der Waals surface area contributed by atoms with Crippen molar-refractivity contribution in [1.29, 1.82) is 0 Å². The summed E-state index contributed by atoms with van der Waals surface area (Å²) in [4.78, 5) is 11.2. The molecule has 0 saturated heterocycles. The van der Waals surface area contributed by atoms with Crippen LogP contribution >= 0.6 is 34.8 Å². The second kappa shape index (κ2) is 5.53. The number of hydrogen-bond donors (Lipinski definition) is 0. The van der Waals surface area contributed by atoms with Gasteiger partial charge in [0.25, 0.3) is 0 Å². The highest BCUT2D eigenvalue weighted by atomic mass is 35.5. The molecule has 0 radical (unpaired) electrons. The number of benzene rings is 1. The standard InChI is InChI=1S/C10H9Cl3N2O/c1-6(2)14-15(10(13)16)7-3-4-8(11)9(12)5-7/h3-5H,1-2H3. The van der Waals surface area contributed by atoms with Crippen LogP contribution in [0.4, 0.5) is 10.5 Å². The highest BCUT2D eigenvalue weighted by Crippen LogP contribution is 2.28. The Morgan fingerprint density at radius 1 is 1.25 bits per heavy atom. The fourth-order valence-electron chi connectivity index (χ4n) is 1.02. The first-order valence-electron chi connectivity index (χ1n) is 4.38. The van der Waals surface area contributed by atoms with Crippen LogP contribution in [-0.2, 0) is 0 Å². The van der Waals surface area contributed by atoms with Crippen LogP contribution in [0.3, 0.4) is 0 Å². The van der Waals surface area contributed by atoms with Crippen molar-refractivity contribution in [2.45, 2.75) is 13.8 Å². The van der Waals surface area contributed by atoms with Crippen LogP contribution in [0.1, 0.15) is 13.8 Å². The van der Waals surface area contributed by atoms with Crippen LogP contribution in [0.15, 0.2) is 23.3 Å². The normalized spacial score (nSPS) is 9.81. The number of amides is 1. The third kappa shape index (κ3) is 3.37. The Morgan fingerprint density at radius 2 is 1.88 bits per heavy atom. The van der Waals surface area contributed by atoms with E-state index in [4.69, 9.17) is 34.8 Å². The molecular weight excluding hydrogens is 270 g/mol. The summed E-state index contributed by atoms with van der Waals surface area (Å²) in [5.41, 5.74) is 1.16. The molecule has 0 spiro atoms. The fourth-order valence-corrected chi connectivity index (χ4v) is 1.44. The van der Waals surface area contributed by atoms with E-state index in [9.17, 15) is 4.79 Å². The van der Waals surface area contributed by atoms with E-state index in [1.54, 1.807) is 26.0 Å². The minimum Gasteiger partial charge on any atom is -0.253 e. The third-order valence-corrected chi connectivity index (χ3v) is 2.51. The van der Waals surface area contributed by atoms with Crippen LogP contribution in [0, 0.1) is 0 Å². The summed E-state index contributed by atoms with van der Waals surface area (Å²) in [7, 11) is 0. The maximum atomic E-state index is 11.2. The number of halogens is 3. The number of hydrogen-bond acceptors (Lipinski definition) is 2. The van der Waals surface area contributed by atoms with Gasteiger partial charge in [0.2, 0.25) is 0 Å². The van der Waals surface area contributed by atoms with Crippen molar-refractivity contribution >= 4 is 51.6 Å². The van der Waals surface area contributed by atoms with E-state index in [0.29, 0.717) is 21.4 Å². The van der Waals surface area contributed by atoms with Crippen molar-refractivity contribution in [1.82, 2.24) is 0 Å². The summed E-state index contributed by atoms with van der Waals surface area (Å²) >= 11 is 17.0. The van der Waals surface area contributed by atoms with E-state index >= 15 is 0 Å². The molecule has 1 rings (SSSR count). The molecular formula is C10H9Cl3N2O. The minimum atomic E-state index is -0.709. The van der Waals surface area contributed by atoms with Crippen molar-refractivity contribution in [2.24, 2.45) is 5.10 Å². The largest absolute Gasteiger partial charge is 0.341 e. The molecule has 0 atom stereocenters. The average Bonchev–Trinajstić information content (AvgIpc) is 2.18. The second-order valence-electron chi connectivity index (χ2n) is 3.21. The summed E-state index contributed by atoms with van der Waals surface area (Å²) in [5, 5.41) is 5.08. The van der Waals surface area contributed by atoms with E-state index in [-0.39, 0.29) is 0 Å². The summed E-state index contributed by atoms with van der Waals surface area (Å²) in [5.74, 6) is 0. The van der Waals surface area contributed by atoms with Gasteiger partial charge in [-0.1, -0.05) is 23.2 Å². The third-order valence-electron chi connectivity index (χ3n) is 1.61. The molecule has 1 aromatic carbocycles. The molecule has 0 aliphatic rings. The molecule has 0 aliphatic heterocycles. The van der Waals surface area contributed by atoms with Crippen molar-refractivity contribution in [3.8, 4) is 0 Å². The van der Waals surface area contributed by atoms with Crippen LogP contribution < -0.4 is 5.01 Å². The number of nitrogens with zero attached hydrogens (tertiary/aromatic N) is 2. The minimum absolute atomic E-state index is 0.339. The monoisotopic (exact) mass is 278 g/mol. The van der Waals surface area contributed by atoms with Gasteiger partial charge < -0.3 is 0 Å². The van der Waals surface area contributed by atoms with Crippen molar-refractivity contribution in [2.75, 3.05) is 5.01 Å².